The second kappa shape index (κ2) is 56.5. The number of phenolic OH excluding ortho intramolecular Hbond substituents is 1. The van der Waals surface area contributed by atoms with Gasteiger partial charge in [-0.25, -0.2) is 9.78 Å². The number of carbonyl (C=O) groups excluding carboxylic acids is 18. The number of aliphatic hydroxyl groups is 1. The monoisotopic (exact) mass is 1980 g/mol. The largest absolute Gasteiger partial charge is 0.508 e. The van der Waals surface area contributed by atoms with Gasteiger partial charge in [0.25, 0.3) is 0 Å². The molecule has 0 bridgehead atoms. The average Bonchev–Trinajstić information content (AvgIpc) is 1.81. The SMILES string of the molecule is CC(C)C[C@H](NC(=O)[C@@H](CCCN=C(N)N)NC(=O)CNC(=O)[C@H](Cc1ccccc1)NC(=O)[C@H](Cc1cnc[nH]1)NC(=O)CNC(=O)[C@@H](NC(=O)[C@@H](NC(=O)[C@H](Cc1ccccc1)NC(=O)[C@H](CCCN=C(N)N)NC(=O)[C@@H](N)CCC(N)=O)C(C)(C)S)[C@@H](C)O)C(=O)N[C@@H](Cc1ccc(O)cc1)C(=O)N1CCC[C@H]1C(=O)N[C@@H](CS)C(=O)N[C@@H](CC(N)=O)C(=O)NCC(=O)N1CCC[C@H]1C(=O)O. The number of aliphatic imine (C=N–C) groups is 2. The number of carbonyl (C=O) groups is 19. The van der Waals surface area contributed by atoms with Crippen LogP contribution in [-0.2, 0) is 117 Å². The van der Waals surface area contributed by atoms with E-state index < -0.39 is 240 Å². The van der Waals surface area contributed by atoms with Crippen LogP contribution in [0.4, 0.5) is 0 Å². The number of nitrogens with two attached hydrogens (primary N) is 7. The molecule has 139 heavy (non-hydrogen) atoms. The van der Waals surface area contributed by atoms with Crippen LogP contribution in [0.1, 0.15) is 134 Å². The molecule has 2 aliphatic heterocycles. The number of hydrogen-bond donors (Lipinski definition) is 27. The first-order valence-electron chi connectivity index (χ1n) is 45.0. The van der Waals surface area contributed by atoms with Crippen LogP contribution in [0, 0.1) is 5.92 Å². The van der Waals surface area contributed by atoms with E-state index in [9.17, 15) is 102 Å². The standard InChI is InChI=1S/C88H129N27O22S2/c1-46(2)34-56(77(128)110-61(37-50-24-26-52(117)27-25-50)84(135)115-33-14-22-63(115)81(132)111-62(44-138)80(131)109-60(39-66(91)119)74(125)101-43-69(122)114-32-15-23-64(114)85(136)137)106-75(126)54(20-12-30-97-86(92)93)103-67(120)41-99-73(124)57(35-48-16-8-6-9-17-48)107-78(129)59(38-51-40-96-45-102-51)104-68(121)42-100-82(133)70(47(3)116)112-83(134)71(88(4,5)139)113-79(130)58(36-49-18-10-7-11-19-49)108-76(127)55(21-13-31-98-87(94)95)105-72(123)53(89)28-29-65(90)118/h6-11,16-19,24-27,40,45-47,53-64,70-71,116-117,138-139H,12-15,20-23,28-39,41-44,89H2,1-5H3,(H2,90,118)(H2,91,119)(H,96,102)(H,99,124)(H,100,133)(H,101,125)(H,103,120)(H,104,121)(H,105,123)(H,106,126)(H,107,129)(H,108,127)(H,109,131)(H,110,128)(H,111,132)(H,112,134)(H,113,130)(H,136,137)(H4,92,93,97)(H4,94,95,98)/t47-,53+,54-,55+,56+,57+,58+,59+,60+,61+,62+,63+,64+,70+,71-/m1/s1. The number of benzene rings is 3. The Balaban J connectivity index is 1.15. The van der Waals surface area contributed by atoms with Gasteiger partial charge < -0.3 is 145 Å². The molecule has 1 aromatic heterocycles. The van der Waals surface area contributed by atoms with Crippen LogP contribution in [0.25, 0.3) is 0 Å². The molecule has 4 aromatic rings. The van der Waals surface area contributed by atoms with Crippen molar-refractivity contribution in [1.29, 1.82) is 0 Å². The van der Waals surface area contributed by atoms with Gasteiger partial charge in [0, 0.05) is 80.7 Å². The highest BCUT2D eigenvalue weighted by atomic mass is 32.1. The molecule has 3 aromatic carbocycles. The number of H-pyrrole nitrogens is 1. The Hall–Kier alpha value is -14.2. The molecular weight excluding hydrogens is 1850 g/mol. The molecule has 0 unspecified atom stereocenters. The van der Waals surface area contributed by atoms with Crippen molar-refractivity contribution >= 4 is 149 Å². The fourth-order valence-corrected chi connectivity index (χ4v) is 15.4. The first kappa shape index (κ1) is 113. The summed E-state index contributed by atoms with van der Waals surface area (Å²) in [7, 11) is 0. The molecule has 51 heteroatoms. The molecule has 0 radical (unpaired) electrons. The third-order valence-corrected chi connectivity index (χ3v) is 22.8. The van der Waals surface area contributed by atoms with Gasteiger partial charge in [-0.3, -0.25) is 96.3 Å². The second-order valence-electron chi connectivity index (χ2n) is 34.4. The van der Waals surface area contributed by atoms with Gasteiger partial charge in [-0.15, -0.1) is 0 Å². The fraction of sp³-hybridized carbons (Fsp3) is 0.523. The smallest absolute Gasteiger partial charge is 0.326 e. The number of aromatic nitrogens is 2. The minimum atomic E-state index is -1.86. The van der Waals surface area contributed by atoms with Crippen molar-refractivity contribution in [3.05, 3.63) is 120 Å². The lowest BCUT2D eigenvalue weighted by molar-refractivity contribution is -0.148. The van der Waals surface area contributed by atoms with E-state index in [4.69, 9.17) is 40.1 Å². The van der Waals surface area contributed by atoms with Crippen molar-refractivity contribution < 1.29 is 106 Å². The molecule has 0 spiro atoms. The van der Waals surface area contributed by atoms with Crippen LogP contribution in [-0.4, -0.2) is 306 Å². The Labute approximate surface area is 812 Å². The van der Waals surface area contributed by atoms with Gasteiger partial charge in [-0.2, -0.15) is 25.3 Å². The summed E-state index contributed by atoms with van der Waals surface area (Å²) >= 11 is 8.85. The number of hydrogen-bond acceptors (Lipinski definition) is 27. The summed E-state index contributed by atoms with van der Waals surface area (Å²) in [5, 5.41) is 66.1. The van der Waals surface area contributed by atoms with Crippen molar-refractivity contribution in [2.45, 2.75) is 233 Å². The fourth-order valence-electron chi connectivity index (χ4n) is 14.9. The van der Waals surface area contributed by atoms with Gasteiger partial charge in [0.05, 0.1) is 44.5 Å². The first-order valence-corrected chi connectivity index (χ1v) is 46.1. The van der Waals surface area contributed by atoms with Gasteiger partial charge >= 0.3 is 5.97 Å². The molecule has 18 amide bonds. The molecule has 2 aliphatic rings. The predicted octanol–water partition coefficient (Wildman–Crippen LogP) is -8.23. The van der Waals surface area contributed by atoms with E-state index in [1.54, 1.807) is 74.5 Å². The molecule has 49 nitrogen and oxygen atoms in total. The zero-order valence-corrected chi connectivity index (χ0v) is 79.5. The molecule has 2 fully saturated rings. The number of thiol groups is 2. The minimum absolute atomic E-state index is 0.0233. The molecule has 3 heterocycles. The summed E-state index contributed by atoms with van der Waals surface area (Å²) in [5.41, 5.74) is 40.7. The van der Waals surface area contributed by atoms with E-state index in [1.165, 1.54) is 55.5 Å². The van der Waals surface area contributed by atoms with E-state index in [2.05, 4.69) is 120 Å². The number of rotatable bonds is 57. The van der Waals surface area contributed by atoms with Crippen molar-refractivity contribution in [1.82, 2.24) is 94.2 Å². The van der Waals surface area contributed by atoms with E-state index in [0.29, 0.717) is 23.1 Å². The lowest BCUT2D eigenvalue weighted by Gasteiger charge is -2.33. The number of phenols is 1. The highest BCUT2D eigenvalue weighted by molar-refractivity contribution is 7.81. The van der Waals surface area contributed by atoms with Crippen molar-refractivity contribution in [2.75, 3.05) is 51.6 Å². The summed E-state index contributed by atoms with van der Waals surface area (Å²) < 4.78 is -1.49. The number of carboxylic acids is 1. The molecule has 0 aliphatic carbocycles. The zero-order valence-electron chi connectivity index (χ0n) is 77.7. The molecule has 760 valence electrons. The summed E-state index contributed by atoms with van der Waals surface area (Å²) in [6, 6.07) is 1.25. The quantitative estimate of drug-likeness (QED) is 0.00845. The second-order valence-corrected chi connectivity index (χ2v) is 36.0. The van der Waals surface area contributed by atoms with Gasteiger partial charge in [-0.1, -0.05) is 86.6 Å². The van der Waals surface area contributed by atoms with Crippen LogP contribution in [0.3, 0.4) is 0 Å². The zero-order chi connectivity index (χ0) is 103. The van der Waals surface area contributed by atoms with Crippen molar-refractivity contribution in [3.63, 3.8) is 0 Å². The van der Waals surface area contributed by atoms with Gasteiger partial charge in [0.15, 0.2) is 11.9 Å². The Morgan fingerprint density at radius 1 is 0.496 bits per heavy atom. The van der Waals surface area contributed by atoms with Gasteiger partial charge in [-0.05, 0) is 120 Å². The van der Waals surface area contributed by atoms with E-state index in [0.717, 1.165) is 11.8 Å². The number of aromatic amines is 1. The Morgan fingerprint density at radius 3 is 1.47 bits per heavy atom. The predicted molar refractivity (Wildman–Crippen MR) is 510 cm³/mol. The molecule has 6 rings (SSSR count). The third kappa shape index (κ3) is 39.1. The minimum Gasteiger partial charge on any atom is -0.508 e. The molecule has 15 atom stereocenters. The number of amides is 18. The van der Waals surface area contributed by atoms with Crippen molar-refractivity contribution in [2.24, 2.45) is 56.0 Å². The number of carboxylic acid groups (broad SMARTS) is 1. The maximum atomic E-state index is 15.1. The summed E-state index contributed by atoms with van der Waals surface area (Å²) in [4.78, 5) is 280. The Kier molecular flexibility index (Phi) is 46.1. The number of imidazole rings is 1. The molecular formula is C88H129N27O22S2. The highest BCUT2D eigenvalue weighted by Gasteiger charge is 2.44. The van der Waals surface area contributed by atoms with Crippen LogP contribution in [0.2, 0.25) is 0 Å². The van der Waals surface area contributed by atoms with E-state index >= 15 is 4.79 Å². The highest BCUT2D eigenvalue weighted by Crippen LogP contribution is 2.24. The number of nitrogens with zero attached hydrogens (tertiary/aromatic N) is 5. The van der Waals surface area contributed by atoms with E-state index in [-0.39, 0.29) is 145 Å². The molecule has 0 saturated carbocycles. The maximum Gasteiger partial charge on any atom is 0.326 e. The number of guanidine groups is 2. The van der Waals surface area contributed by atoms with Crippen LogP contribution in [0.5, 0.6) is 5.75 Å². The maximum absolute atomic E-state index is 15.1. The van der Waals surface area contributed by atoms with Gasteiger partial charge in [0.2, 0.25) is 106 Å². The van der Waals surface area contributed by atoms with E-state index in [1.807, 2.05) is 0 Å². The molecule has 2 saturated heterocycles. The lowest BCUT2D eigenvalue weighted by Crippen LogP contribution is -2.64. The van der Waals surface area contributed by atoms with Crippen molar-refractivity contribution in [3.8, 4) is 5.75 Å². The number of aliphatic carboxylic acids is 1. The third-order valence-electron chi connectivity index (χ3n) is 22.1. The van der Waals surface area contributed by atoms with Crippen LogP contribution < -0.4 is 115 Å². The number of nitrogens with one attached hydrogen (secondary N) is 15. The molecule has 32 N–H and O–H groups in total. The first-order chi connectivity index (χ1) is 65.7. The average molecular weight is 1980 g/mol. The summed E-state index contributed by atoms with van der Waals surface area (Å²) in [5.74, 6) is -19.7. The Morgan fingerprint density at radius 2 is 0.950 bits per heavy atom. The Bertz CT molecular complexity index is 4970. The van der Waals surface area contributed by atoms with Crippen LogP contribution >= 0.6 is 25.3 Å². The number of primary amides is 2. The number of likely N-dealkylation sites (tertiary alicyclic amines) is 2. The summed E-state index contributed by atoms with van der Waals surface area (Å²) in [6.45, 7) is 4.99. The number of aliphatic hydroxyl groups excluding tert-OH is 1. The van der Waals surface area contributed by atoms with Gasteiger partial charge in [0.1, 0.15) is 84.3 Å². The number of aromatic hydroxyl groups is 1. The lowest BCUT2D eigenvalue weighted by atomic mass is 9.99. The normalized spacial score (nSPS) is 16.2. The van der Waals surface area contributed by atoms with Crippen LogP contribution in [0.15, 0.2) is 107 Å². The topological polar surface area (TPSA) is 795 Å². The summed E-state index contributed by atoms with van der Waals surface area (Å²) in [6.07, 6.45) is -0.662.